The zero-order valence-corrected chi connectivity index (χ0v) is 13.3. The fourth-order valence-electron chi connectivity index (χ4n) is 3.71. The molecule has 1 N–H and O–H groups in total. The molecule has 1 aromatic carbocycles. The summed E-state index contributed by atoms with van der Waals surface area (Å²) in [4.78, 5) is 0. The molecule has 2 unspecified atom stereocenters. The fourth-order valence-corrected chi connectivity index (χ4v) is 3.71. The second-order valence-corrected chi connectivity index (χ2v) is 6.21. The van der Waals surface area contributed by atoms with E-state index in [1.54, 1.807) is 11.1 Å². The molecule has 0 heterocycles. The van der Waals surface area contributed by atoms with Crippen LogP contribution in [0.1, 0.15) is 75.8 Å². The predicted molar refractivity (Wildman–Crippen MR) is 88.3 cm³/mol. The highest BCUT2D eigenvalue weighted by atomic mass is 14.9. The maximum absolute atomic E-state index is 3.77. The molecule has 0 fully saturated rings. The highest BCUT2D eigenvalue weighted by Crippen LogP contribution is 2.35. The summed E-state index contributed by atoms with van der Waals surface area (Å²) in [7, 11) is 0. The molecule has 0 saturated heterocycles. The molecule has 0 aromatic heterocycles. The average Bonchev–Trinajstić information content (AvgIpc) is 2.50. The first-order valence-electron chi connectivity index (χ1n) is 8.68. The van der Waals surface area contributed by atoms with Crippen molar-refractivity contribution in [1.29, 1.82) is 0 Å². The van der Waals surface area contributed by atoms with Gasteiger partial charge in [0.1, 0.15) is 0 Å². The molecule has 20 heavy (non-hydrogen) atoms. The van der Waals surface area contributed by atoms with Crippen LogP contribution in [0.15, 0.2) is 24.3 Å². The van der Waals surface area contributed by atoms with Gasteiger partial charge >= 0.3 is 0 Å². The van der Waals surface area contributed by atoms with Crippen LogP contribution in [0, 0.1) is 0 Å². The van der Waals surface area contributed by atoms with Gasteiger partial charge in [0.05, 0.1) is 0 Å². The predicted octanol–water partition coefficient (Wildman–Crippen LogP) is 5.06. The lowest BCUT2D eigenvalue weighted by Crippen LogP contribution is -2.36. The molecule has 112 valence electrons. The van der Waals surface area contributed by atoms with Gasteiger partial charge in [0, 0.05) is 6.04 Å². The van der Waals surface area contributed by atoms with Gasteiger partial charge in [-0.1, -0.05) is 63.8 Å². The number of hydrogen-bond donors (Lipinski definition) is 1. The molecule has 1 heteroatoms. The zero-order valence-electron chi connectivity index (χ0n) is 13.3. The van der Waals surface area contributed by atoms with E-state index in [1.807, 2.05) is 0 Å². The van der Waals surface area contributed by atoms with E-state index in [0.717, 1.165) is 12.5 Å². The summed E-state index contributed by atoms with van der Waals surface area (Å²) in [6, 6.07) is 9.80. The van der Waals surface area contributed by atoms with Crippen LogP contribution in [-0.4, -0.2) is 12.6 Å². The lowest BCUT2D eigenvalue weighted by Gasteiger charge is -2.33. The standard InChI is InChI=1S/C19H31N/c1-3-5-6-7-15-19(20-4-2)18-14-10-12-16-11-8-9-13-17(16)18/h8-9,11,13,18-20H,3-7,10,12,14-15H2,1-2H3. The summed E-state index contributed by atoms with van der Waals surface area (Å²) in [6.45, 7) is 5.63. The van der Waals surface area contributed by atoms with Crippen molar-refractivity contribution in [3.05, 3.63) is 35.4 Å². The summed E-state index contributed by atoms with van der Waals surface area (Å²) < 4.78 is 0. The first-order chi connectivity index (χ1) is 9.86. The quantitative estimate of drug-likeness (QED) is 0.653. The molecule has 1 aliphatic rings. The van der Waals surface area contributed by atoms with Crippen LogP contribution in [0.5, 0.6) is 0 Å². The third kappa shape index (κ3) is 4.09. The molecular weight excluding hydrogens is 242 g/mol. The van der Waals surface area contributed by atoms with Crippen molar-refractivity contribution in [3.63, 3.8) is 0 Å². The van der Waals surface area contributed by atoms with Gasteiger partial charge in [-0.2, -0.15) is 0 Å². The van der Waals surface area contributed by atoms with Gasteiger partial charge < -0.3 is 5.32 Å². The Morgan fingerprint density at radius 1 is 1.15 bits per heavy atom. The van der Waals surface area contributed by atoms with Crippen molar-refractivity contribution in [1.82, 2.24) is 5.32 Å². The summed E-state index contributed by atoms with van der Waals surface area (Å²) in [5, 5.41) is 3.77. The van der Waals surface area contributed by atoms with Gasteiger partial charge in [-0.3, -0.25) is 0 Å². The minimum Gasteiger partial charge on any atom is -0.314 e. The SMILES string of the molecule is CCCCCCC(NCC)C1CCCc2ccccc21. The molecule has 0 radical (unpaired) electrons. The van der Waals surface area contributed by atoms with Gasteiger partial charge in [-0.05, 0) is 49.3 Å². The minimum atomic E-state index is 0.679. The highest BCUT2D eigenvalue weighted by Gasteiger charge is 2.26. The number of aryl methyl sites for hydroxylation is 1. The number of hydrogen-bond acceptors (Lipinski definition) is 1. The Kier molecular flexibility index (Phi) is 6.59. The Hall–Kier alpha value is -0.820. The van der Waals surface area contributed by atoms with Gasteiger partial charge in [0.25, 0.3) is 0 Å². The van der Waals surface area contributed by atoms with Crippen LogP contribution >= 0.6 is 0 Å². The van der Waals surface area contributed by atoms with E-state index in [1.165, 1.54) is 51.4 Å². The van der Waals surface area contributed by atoms with E-state index in [2.05, 4.69) is 43.4 Å². The summed E-state index contributed by atoms with van der Waals surface area (Å²) >= 11 is 0. The third-order valence-corrected chi connectivity index (χ3v) is 4.74. The third-order valence-electron chi connectivity index (χ3n) is 4.74. The lowest BCUT2D eigenvalue weighted by molar-refractivity contribution is 0.367. The first-order valence-corrected chi connectivity index (χ1v) is 8.68. The number of likely N-dealkylation sites (N-methyl/N-ethyl adjacent to an activating group) is 1. The Bertz CT molecular complexity index is 385. The molecule has 2 atom stereocenters. The number of rotatable bonds is 8. The summed E-state index contributed by atoms with van der Waals surface area (Å²) in [6.07, 6.45) is 10.8. The maximum Gasteiger partial charge on any atom is 0.0136 e. The Morgan fingerprint density at radius 3 is 2.80 bits per heavy atom. The Balaban J connectivity index is 2.02. The van der Waals surface area contributed by atoms with Crippen molar-refractivity contribution < 1.29 is 0 Å². The van der Waals surface area contributed by atoms with Crippen molar-refractivity contribution in [2.45, 2.75) is 77.2 Å². The normalized spacial score (nSPS) is 19.6. The van der Waals surface area contributed by atoms with Crippen LogP contribution in [0.3, 0.4) is 0 Å². The van der Waals surface area contributed by atoms with E-state index in [0.29, 0.717) is 6.04 Å². The van der Waals surface area contributed by atoms with E-state index >= 15 is 0 Å². The van der Waals surface area contributed by atoms with Crippen molar-refractivity contribution >= 4 is 0 Å². The second kappa shape index (κ2) is 8.46. The fraction of sp³-hybridized carbons (Fsp3) is 0.684. The minimum absolute atomic E-state index is 0.679. The van der Waals surface area contributed by atoms with Gasteiger partial charge in [0.15, 0.2) is 0 Å². The molecule has 1 aromatic rings. The van der Waals surface area contributed by atoms with E-state index in [9.17, 15) is 0 Å². The molecule has 0 bridgehead atoms. The van der Waals surface area contributed by atoms with E-state index in [-0.39, 0.29) is 0 Å². The largest absolute Gasteiger partial charge is 0.314 e. The molecule has 1 aliphatic carbocycles. The van der Waals surface area contributed by atoms with E-state index < -0.39 is 0 Å². The topological polar surface area (TPSA) is 12.0 Å². The van der Waals surface area contributed by atoms with Gasteiger partial charge in [-0.15, -0.1) is 0 Å². The smallest absolute Gasteiger partial charge is 0.0136 e. The molecule has 0 spiro atoms. The number of benzene rings is 1. The van der Waals surface area contributed by atoms with Crippen molar-refractivity contribution in [2.75, 3.05) is 6.54 Å². The molecule has 1 nitrogen and oxygen atoms in total. The molecule has 0 amide bonds. The van der Waals surface area contributed by atoms with Crippen LogP contribution in [0.4, 0.5) is 0 Å². The Labute approximate surface area is 125 Å². The highest BCUT2D eigenvalue weighted by molar-refractivity contribution is 5.33. The summed E-state index contributed by atoms with van der Waals surface area (Å²) in [5.41, 5.74) is 3.22. The first kappa shape index (κ1) is 15.6. The van der Waals surface area contributed by atoms with Crippen LogP contribution in [0.25, 0.3) is 0 Å². The number of nitrogens with one attached hydrogen (secondary N) is 1. The second-order valence-electron chi connectivity index (χ2n) is 6.21. The Morgan fingerprint density at radius 2 is 2.00 bits per heavy atom. The van der Waals surface area contributed by atoms with E-state index in [4.69, 9.17) is 0 Å². The van der Waals surface area contributed by atoms with Gasteiger partial charge in [0.2, 0.25) is 0 Å². The zero-order chi connectivity index (χ0) is 14.2. The molecule has 2 rings (SSSR count). The molecule has 0 aliphatic heterocycles. The van der Waals surface area contributed by atoms with Crippen LogP contribution < -0.4 is 5.32 Å². The van der Waals surface area contributed by atoms with Crippen molar-refractivity contribution in [3.8, 4) is 0 Å². The lowest BCUT2D eigenvalue weighted by atomic mass is 9.77. The van der Waals surface area contributed by atoms with Crippen molar-refractivity contribution in [2.24, 2.45) is 0 Å². The number of unbranched alkanes of at least 4 members (excludes halogenated alkanes) is 3. The maximum atomic E-state index is 3.77. The van der Waals surface area contributed by atoms with Crippen LogP contribution in [0.2, 0.25) is 0 Å². The monoisotopic (exact) mass is 273 g/mol. The van der Waals surface area contributed by atoms with Crippen LogP contribution in [-0.2, 0) is 6.42 Å². The summed E-state index contributed by atoms with van der Waals surface area (Å²) in [5.74, 6) is 0.738. The molecular formula is C19H31N. The average molecular weight is 273 g/mol. The number of fused-ring (bicyclic) bond motifs is 1. The van der Waals surface area contributed by atoms with Gasteiger partial charge in [-0.25, -0.2) is 0 Å². The molecule has 0 saturated carbocycles.